The third kappa shape index (κ3) is 5.61. The third-order valence-corrected chi connectivity index (χ3v) is 3.81. The van der Waals surface area contributed by atoms with Crippen molar-refractivity contribution in [2.24, 2.45) is 0 Å². The van der Waals surface area contributed by atoms with Crippen molar-refractivity contribution >= 4 is 24.6 Å². The van der Waals surface area contributed by atoms with E-state index in [9.17, 15) is 9.90 Å². The van der Waals surface area contributed by atoms with Gasteiger partial charge < -0.3 is 10.4 Å². The highest BCUT2D eigenvalue weighted by Crippen LogP contribution is 2.39. The molecule has 0 radical (unpaired) electrons. The number of amides is 1. The second kappa shape index (κ2) is 7.43. The fourth-order valence-corrected chi connectivity index (χ4v) is 2.42. The Kier molecular flexibility index (Phi) is 6.34. The number of benzene rings is 1. The molecular formula is C19H29NO2S. The molecule has 1 aromatic carbocycles. The molecule has 0 aliphatic carbocycles. The van der Waals surface area contributed by atoms with Crippen LogP contribution in [0.3, 0.4) is 0 Å². The summed E-state index contributed by atoms with van der Waals surface area (Å²) >= 11 is 4.07. The van der Waals surface area contributed by atoms with Gasteiger partial charge in [-0.3, -0.25) is 4.79 Å². The first kappa shape index (κ1) is 19.6. The van der Waals surface area contributed by atoms with E-state index in [1.807, 2.05) is 12.1 Å². The summed E-state index contributed by atoms with van der Waals surface area (Å²) in [6.07, 6.45) is 3.31. The van der Waals surface area contributed by atoms with Gasteiger partial charge in [0.25, 0.3) is 0 Å². The van der Waals surface area contributed by atoms with Crippen LogP contribution in [0.15, 0.2) is 18.2 Å². The number of rotatable bonds is 4. The van der Waals surface area contributed by atoms with Gasteiger partial charge in [0.1, 0.15) is 5.75 Å². The van der Waals surface area contributed by atoms with Gasteiger partial charge in [-0.1, -0.05) is 41.5 Å². The zero-order valence-corrected chi connectivity index (χ0v) is 15.9. The molecule has 0 heterocycles. The number of carbonyl (C=O) groups excluding carboxylic acids is 1. The van der Waals surface area contributed by atoms with E-state index < -0.39 is 0 Å². The molecule has 128 valence electrons. The summed E-state index contributed by atoms with van der Waals surface area (Å²) in [7, 11) is 0. The van der Waals surface area contributed by atoms with Crippen LogP contribution >= 0.6 is 12.6 Å². The predicted molar refractivity (Wildman–Crippen MR) is 101 cm³/mol. The van der Waals surface area contributed by atoms with Crippen LogP contribution in [0, 0.1) is 0 Å². The maximum absolute atomic E-state index is 11.7. The molecule has 1 aromatic rings. The summed E-state index contributed by atoms with van der Waals surface area (Å²) < 4.78 is 0. The Morgan fingerprint density at radius 3 is 2.00 bits per heavy atom. The highest BCUT2D eigenvalue weighted by molar-refractivity contribution is 7.80. The summed E-state index contributed by atoms with van der Waals surface area (Å²) in [5, 5.41) is 13.4. The van der Waals surface area contributed by atoms with Crippen LogP contribution in [-0.2, 0) is 15.6 Å². The maximum atomic E-state index is 11.7. The van der Waals surface area contributed by atoms with E-state index in [1.165, 1.54) is 6.08 Å². The van der Waals surface area contributed by atoms with Gasteiger partial charge in [-0.2, -0.15) is 12.6 Å². The molecule has 0 unspecified atom stereocenters. The summed E-state index contributed by atoms with van der Waals surface area (Å²) in [6.45, 7) is 13.0. The van der Waals surface area contributed by atoms with Crippen LogP contribution in [0.2, 0.25) is 0 Å². The normalized spacial score (nSPS) is 12.7. The lowest BCUT2D eigenvalue weighted by Gasteiger charge is -2.27. The fourth-order valence-electron chi connectivity index (χ4n) is 2.31. The minimum absolute atomic E-state index is 0.137. The van der Waals surface area contributed by atoms with E-state index in [0.717, 1.165) is 16.7 Å². The van der Waals surface area contributed by atoms with Crippen molar-refractivity contribution in [3.63, 3.8) is 0 Å². The molecule has 0 aliphatic rings. The van der Waals surface area contributed by atoms with Crippen LogP contribution in [0.4, 0.5) is 0 Å². The summed E-state index contributed by atoms with van der Waals surface area (Å²) in [5.41, 5.74) is 2.34. The first-order valence-electron chi connectivity index (χ1n) is 7.91. The van der Waals surface area contributed by atoms with Crippen LogP contribution in [-0.4, -0.2) is 23.3 Å². The summed E-state index contributed by atoms with van der Waals surface area (Å²) in [5.74, 6) is 0.824. The lowest BCUT2D eigenvalue weighted by atomic mass is 9.78. The van der Waals surface area contributed by atoms with Gasteiger partial charge in [0.05, 0.1) is 0 Å². The van der Waals surface area contributed by atoms with Crippen molar-refractivity contribution in [1.82, 2.24) is 5.32 Å². The Hall–Kier alpha value is -1.42. The number of carbonyl (C=O) groups is 1. The minimum Gasteiger partial charge on any atom is -0.507 e. The number of thiol groups is 1. The number of phenolic OH excluding ortho intramolecular Hbond substituents is 1. The van der Waals surface area contributed by atoms with Crippen molar-refractivity contribution in [1.29, 1.82) is 0 Å². The zero-order valence-electron chi connectivity index (χ0n) is 15.0. The van der Waals surface area contributed by atoms with Gasteiger partial charge in [-0.15, -0.1) is 0 Å². The van der Waals surface area contributed by atoms with Gasteiger partial charge >= 0.3 is 0 Å². The molecule has 0 saturated carbocycles. The van der Waals surface area contributed by atoms with Crippen molar-refractivity contribution < 1.29 is 9.90 Å². The first-order valence-corrected chi connectivity index (χ1v) is 8.55. The zero-order chi connectivity index (χ0) is 17.8. The van der Waals surface area contributed by atoms with Gasteiger partial charge in [0, 0.05) is 29.5 Å². The number of hydrogen-bond acceptors (Lipinski definition) is 3. The van der Waals surface area contributed by atoms with E-state index in [2.05, 4.69) is 59.5 Å². The van der Waals surface area contributed by atoms with Crippen molar-refractivity contribution in [2.75, 3.05) is 12.3 Å². The lowest BCUT2D eigenvalue weighted by Crippen LogP contribution is -2.22. The standard InChI is InChI=1S/C19H29NO2S/c1-18(2,3)14-11-13(7-8-16(21)20-9-10-23)12-15(17(14)22)19(4,5)6/h7-8,11-12,22-23H,9-10H2,1-6H3,(H,20,21)/b8-7+. The molecule has 1 amide bonds. The summed E-state index contributed by atoms with van der Waals surface area (Å²) in [6, 6.07) is 3.90. The average Bonchev–Trinajstić information content (AvgIpc) is 2.41. The Labute approximate surface area is 145 Å². The second-order valence-corrected chi connectivity index (χ2v) is 8.26. The fraction of sp³-hybridized carbons (Fsp3) is 0.526. The molecule has 0 fully saturated rings. The number of nitrogens with one attached hydrogen (secondary N) is 1. The third-order valence-electron chi connectivity index (χ3n) is 3.59. The number of phenols is 1. The maximum Gasteiger partial charge on any atom is 0.244 e. The van der Waals surface area contributed by atoms with E-state index in [4.69, 9.17) is 0 Å². The van der Waals surface area contributed by atoms with Crippen LogP contribution in [0.1, 0.15) is 58.2 Å². The monoisotopic (exact) mass is 335 g/mol. The molecule has 0 aromatic heterocycles. The van der Waals surface area contributed by atoms with E-state index >= 15 is 0 Å². The van der Waals surface area contributed by atoms with E-state index in [1.54, 1.807) is 6.08 Å². The Balaban J connectivity index is 3.29. The average molecular weight is 336 g/mol. The van der Waals surface area contributed by atoms with Crippen molar-refractivity contribution in [3.05, 3.63) is 34.9 Å². The Bertz CT molecular complexity index is 557. The predicted octanol–water partition coefficient (Wildman–Crippen LogP) is 4.05. The largest absolute Gasteiger partial charge is 0.507 e. The molecule has 1 rings (SSSR count). The molecule has 2 N–H and O–H groups in total. The highest BCUT2D eigenvalue weighted by Gasteiger charge is 2.26. The molecule has 0 spiro atoms. The van der Waals surface area contributed by atoms with E-state index in [-0.39, 0.29) is 16.7 Å². The molecule has 23 heavy (non-hydrogen) atoms. The first-order chi connectivity index (χ1) is 10.5. The molecule has 0 atom stereocenters. The Morgan fingerprint density at radius 1 is 1.13 bits per heavy atom. The molecule has 0 saturated heterocycles. The number of hydrogen-bond donors (Lipinski definition) is 3. The van der Waals surface area contributed by atoms with Crippen molar-refractivity contribution in [3.8, 4) is 5.75 Å². The smallest absolute Gasteiger partial charge is 0.244 e. The molecule has 4 heteroatoms. The quantitative estimate of drug-likeness (QED) is 0.574. The van der Waals surface area contributed by atoms with Crippen LogP contribution in [0.5, 0.6) is 5.75 Å². The van der Waals surface area contributed by atoms with Crippen molar-refractivity contribution in [2.45, 2.75) is 52.4 Å². The summed E-state index contributed by atoms with van der Waals surface area (Å²) in [4.78, 5) is 11.7. The molecule has 0 bridgehead atoms. The molecular weight excluding hydrogens is 306 g/mol. The highest BCUT2D eigenvalue weighted by atomic mass is 32.1. The number of aromatic hydroxyl groups is 1. The molecule has 3 nitrogen and oxygen atoms in total. The Morgan fingerprint density at radius 2 is 1.61 bits per heavy atom. The van der Waals surface area contributed by atoms with Crippen LogP contribution in [0.25, 0.3) is 6.08 Å². The van der Waals surface area contributed by atoms with Gasteiger partial charge in [0.15, 0.2) is 0 Å². The topological polar surface area (TPSA) is 49.3 Å². The lowest BCUT2D eigenvalue weighted by molar-refractivity contribution is -0.116. The SMILES string of the molecule is CC(C)(C)c1cc(/C=C/C(=O)NCCS)cc(C(C)(C)C)c1O. The molecule has 0 aliphatic heterocycles. The van der Waals surface area contributed by atoms with Gasteiger partial charge in [-0.25, -0.2) is 0 Å². The van der Waals surface area contributed by atoms with E-state index in [0.29, 0.717) is 18.0 Å². The minimum atomic E-state index is -0.178. The van der Waals surface area contributed by atoms with Gasteiger partial charge in [-0.05, 0) is 34.6 Å². The van der Waals surface area contributed by atoms with Crippen LogP contribution < -0.4 is 5.32 Å². The van der Waals surface area contributed by atoms with Gasteiger partial charge in [0.2, 0.25) is 5.91 Å². The second-order valence-electron chi connectivity index (χ2n) is 7.81.